The molecule has 4 heterocycles. The first kappa shape index (κ1) is 26.2. The Labute approximate surface area is 219 Å². The Balaban J connectivity index is 1.41. The van der Waals surface area contributed by atoms with E-state index in [1.807, 2.05) is 6.08 Å². The van der Waals surface area contributed by atoms with E-state index in [1.165, 1.54) is 0 Å². The van der Waals surface area contributed by atoms with Crippen LogP contribution in [0.1, 0.15) is 33.1 Å². The molecule has 0 bridgehead atoms. The van der Waals surface area contributed by atoms with E-state index < -0.39 is 15.6 Å². The lowest BCUT2D eigenvalue weighted by Crippen LogP contribution is -2.55. The van der Waals surface area contributed by atoms with Crippen LogP contribution in [0.2, 0.25) is 0 Å². The molecule has 0 aromatic heterocycles. The third-order valence-corrected chi connectivity index (χ3v) is 9.69. The van der Waals surface area contributed by atoms with Gasteiger partial charge >= 0.3 is 0 Å². The average molecular weight is 531 g/mol. The summed E-state index contributed by atoms with van der Waals surface area (Å²) in [5.41, 5.74) is 7.78. The lowest BCUT2D eigenvalue weighted by atomic mass is 9.78. The van der Waals surface area contributed by atoms with E-state index in [4.69, 9.17) is 15.2 Å². The minimum absolute atomic E-state index is 0.147. The predicted molar refractivity (Wildman–Crippen MR) is 144 cm³/mol. The zero-order valence-corrected chi connectivity index (χ0v) is 22.7. The van der Waals surface area contributed by atoms with Gasteiger partial charge in [0, 0.05) is 31.3 Å². The maximum Gasteiger partial charge on any atom is 0.244 e. The first-order valence-corrected chi connectivity index (χ1v) is 14.5. The fourth-order valence-electron chi connectivity index (χ4n) is 5.55. The molecule has 2 atom stereocenters. The molecule has 1 aromatic carbocycles. The number of rotatable bonds is 7. The van der Waals surface area contributed by atoms with Crippen molar-refractivity contribution in [2.24, 2.45) is 16.6 Å². The van der Waals surface area contributed by atoms with Crippen LogP contribution in [-0.2, 0) is 14.8 Å². The molecule has 0 saturated carbocycles. The standard InChI is InChI=1S/C26H38N6O4S/c1-18(2)26(27)17-23(30-25-20(26)9-10-28-25)29-21-8-7-19(16-22(21)35-3)37(33,34)32-11-5-4-6-24(32)31-12-14-36-15-13-31/h7-9,16-18,24,29H,4-6,10-15,27H2,1-3H3,(H,28,30). The van der Waals surface area contributed by atoms with E-state index in [0.29, 0.717) is 43.6 Å². The molecule has 37 heavy (non-hydrogen) atoms. The van der Waals surface area contributed by atoms with Gasteiger partial charge in [-0.3, -0.25) is 9.89 Å². The first-order valence-electron chi connectivity index (χ1n) is 13.1. The van der Waals surface area contributed by atoms with Crippen LogP contribution < -0.4 is 21.1 Å². The highest BCUT2D eigenvalue weighted by Gasteiger charge is 2.40. The largest absolute Gasteiger partial charge is 0.495 e. The fraction of sp³-hybridized carbons (Fsp3) is 0.577. The van der Waals surface area contributed by atoms with E-state index in [0.717, 1.165) is 43.8 Å². The van der Waals surface area contributed by atoms with Gasteiger partial charge < -0.3 is 25.8 Å². The van der Waals surface area contributed by atoms with Crippen molar-refractivity contribution in [3.05, 3.63) is 41.7 Å². The van der Waals surface area contributed by atoms with E-state index in [2.05, 4.69) is 40.4 Å². The molecule has 4 aliphatic rings. The van der Waals surface area contributed by atoms with Crippen LogP contribution in [0.3, 0.4) is 0 Å². The second-order valence-corrected chi connectivity index (χ2v) is 12.2. The van der Waals surface area contributed by atoms with Gasteiger partial charge in [-0.15, -0.1) is 0 Å². The molecule has 5 rings (SSSR count). The summed E-state index contributed by atoms with van der Waals surface area (Å²) in [7, 11) is -2.18. The molecule has 2 saturated heterocycles. The molecule has 202 valence electrons. The Bertz CT molecular complexity index is 1220. The van der Waals surface area contributed by atoms with Crippen molar-refractivity contribution in [1.82, 2.24) is 14.5 Å². The Morgan fingerprint density at radius 2 is 2.03 bits per heavy atom. The maximum atomic E-state index is 13.8. The highest BCUT2D eigenvalue weighted by molar-refractivity contribution is 7.89. The molecule has 10 nitrogen and oxygen atoms in total. The lowest BCUT2D eigenvalue weighted by Gasteiger charge is -2.43. The number of ether oxygens (including phenoxy) is 2. The van der Waals surface area contributed by atoms with Gasteiger partial charge in [0.1, 0.15) is 17.4 Å². The van der Waals surface area contributed by atoms with Crippen LogP contribution in [0, 0.1) is 5.92 Å². The molecular formula is C26H38N6O4S. The number of methoxy groups -OCH3 is 1. The van der Waals surface area contributed by atoms with Crippen molar-refractivity contribution in [1.29, 1.82) is 0 Å². The highest BCUT2D eigenvalue weighted by Crippen LogP contribution is 2.36. The van der Waals surface area contributed by atoms with Gasteiger partial charge in [0.05, 0.1) is 49.2 Å². The molecule has 11 heteroatoms. The predicted octanol–water partition coefficient (Wildman–Crippen LogP) is 2.08. The van der Waals surface area contributed by atoms with E-state index in [9.17, 15) is 8.42 Å². The number of nitrogens with two attached hydrogens (primary N) is 1. The number of fused-ring (bicyclic) bond motifs is 1. The quantitative estimate of drug-likeness (QED) is 0.490. The topological polar surface area (TPSA) is 122 Å². The fourth-order valence-corrected chi connectivity index (χ4v) is 7.24. The van der Waals surface area contributed by atoms with Gasteiger partial charge in [-0.1, -0.05) is 19.9 Å². The van der Waals surface area contributed by atoms with Crippen molar-refractivity contribution in [3.8, 4) is 5.75 Å². The maximum absolute atomic E-state index is 13.8. The van der Waals surface area contributed by atoms with E-state index >= 15 is 0 Å². The summed E-state index contributed by atoms with van der Waals surface area (Å²) >= 11 is 0. The van der Waals surface area contributed by atoms with Crippen LogP contribution in [0.25, 0.3) is 0 Å². The summed E-state index contributed by atoms with van der Waals surface area (Å²) in [6, 6.07) is 4.99. The number of nitrogens with zero attached hydrogens (tertiary/aromatic N) is 3. The number of hydrogen-bond donors (Lipinski definition) is 3. The van der Waals surface area contributed by atoms with Crippen LogP contribution >= 0.6 is 0 Å². The Hall–Kier alpha value is -2.44. The van der Waals surface area contributed by atoms with Crippen LogP contribution in [0.15, 0.2) is 51.6 Å². The van der Waals surface area contributed by atoms with Crippen molar-refractivity contribution in [2.45, 2.75) is 49.7 Å². The molecule has 2 fully saturated rings. The number of morpholine rings is 1. The van der Waals surface area contributed by atoms with Gasteiger partial charge in [0.25, 0.3) is 0 Å². The molecule has 1 aromatic rings. The number of sulfonamides is 1. The van der Waals surface area contributed by atoms with Gasteiger partial charge in [-0.2, -0.15) is 4.31 Å². The lowest BCUT2D eigenvalue weighted by molar-refractivity contribution is -0.0215. The van der Waals surface area contributed by atoms with Crippen LogP contribution in [0.5, 0.6) is 5.75 Å². The Kier molecular flexibility index (Phi) is 7.34. The number of piperidine rings is 1. The third-order valence-electron chi connectivity index (χ3n) is 7.80. The summed E-state index contributed by atoms with van der Waals surface area (Å²) in [5, 5.41) is 6.67. The number of anilines is 1. The van der Waals surface area contributed by atoms with Crippen LogP contribution in [0.4, 0.5) is 5.69 Å². The van der Waals surface area contributed by atoms with Gasteiger partial charge in [0.15, 0.2) is 0 Å². The third kappa shape index (κ3) is 4.90. The number of amidine groups is 1. The smallest absolute Gasteiger partial charge is 0.244 e. The minimum Gasteiger partial charge on any atom is -0.495 e. The molecule has 4 aliphatic heterocycles. The number of nitrogens with one attached hydrogen (secondary N) is 2. The molecular weight excluding hydrogens is 492 g/mol. The summed E-state index contributed by atoms with van der Waals surface area (Å²) in [5.74, 6) is 2.04. The van der Waals surface area contributed by atoms with E-state index in [1.54, 1.807) is 29.6 Å². The zero-order chi connectivity index (χ0) is 26.2. The Morgan fingerprint density at radius 1 is 1.24 bits per heavy atom. The van der Waals surface area contributed by atoms with E-state index in [-0.39, 0.29) is 17.0 Å². The SMILES string of the molecule is COc1cc(S(=O)(=O)N2CCCCC2N2CCOCC2)ccc1NC1=CC(N)(C(C)C)C2=CCN=C2N1. The van der Waals surface area contributed by atoms with Gasteiger partial charge in [-0.05, 0) is 43.4 Å². The molecule has 0 amide bonds. The molecule has 0 radical (unpaired) electrons. The summed E-state index contributed by atoms with van der Waals surface area (Å²) in [4.78, 5) is 6.99. The van der Waals surface area contributed by atoms with Gasteiger partial charge in [-0.25, -0.2) is 8.42 Å². The minimum atomic E-state index is -3.72. The number of benzene rings is 1. The first-order chi connectivity index (χ1) is 17.7. The highest BCUT2D eigenvalue weighted by atomic mass is 32.2. The number of aliphatic imine (C=N–C) groups is 1. The van der Waals surface area contributed by atoms with Crippen LogP contribution in [-0.4, -0.2) is 81.7 Å². The molecule has 2 unspecified atom stereocenters. The van der Waals surface area contributed by atoms with Crippen molar-refractivity contribution < 1.29 is 17.9 Å². The second-order valence-electron chi connectivity index (χ2n) is 10.3. The summed E-state index contributed by atoms with van der Waals surface area (Å²) in [6.07, 6.45) is 6.58. The van der Waals surface area contributed by atoms with Crippen molar-refractivity contribution >= 4 is 21.5 Å². The monoisotopic (exact) mass is 530 g/mol. The molecule has 4 N–H and O–H groups in total. The Morgan fingerprint density at radius 3 is 2.76 bits per heavy atom. The average Bonchev–Trinajstić information content (AvgIpc) is 3.39. The normalized spacial score (nSPS) is 27.2. The number of hydrogen-bond acceptors (Lipinski definition) is 9. The van der Waals surface area contributed by atoms with Gasteiger partial charge in [0.2, 0.25) is 10.0 Å². The molecule has 0 spiro atoms. The second kappa shape index (κ2) is 10.4. The summed E-state index contributed by atoms with van der Waals surface area (Å²) in [6.45, 7) is 8.03. The molecule has 0 aliphatic carbocycles. The zero-order valence-electron chi connectivity index (χ0n) is 21.9. The van der Waals surface area contributed by atoms with Crippen molar-refractivity contribution in [3.63, 3.8) is 0 Å². The summed E-state index contributed by atoms with van der Waals surface area (Å²) < 4.78 is 40.4. The van der Waals surface area contributed by atoms with Crippen molar-refractivity contribution in [2.75, 3.05) is 51.8 Å².